The molecule has 0 saturated carbocycles. The van der Waals surface area contributed by atoms with E-state index in [0.29, 0.717) is 0 Å². The molecule has 3 aromatic rings. The van der Waals surface area contributed by atoms with Crippen molar-refractivity contribution in [2.45, 2.75) is 33.4 Å². The van der Waals surface area contributed by atoms with Gasteiger partial charge in [-0.05, 0) is 24.6 Å². The lowest BCUT2D eigenvalue weighted by atomic mass is 10.1. The van der Waals surface area contributed by atoms with E-state index in [-0.39, 0.29) is 0 Å². The van der Waals surface area contributed by atoms with Gasteiger partial charge in [-0.1, -0.05) is 42.5 Å². The SMILES string of the molecule is CCn1c(C)[n+](CCc2ccccc2)c2ccccc21. The van der Waals surface area contributed by atoms with Crippen molar-refractivity contribution >= 4 is 11.0 Å². The number of hydrogen-bond acceptors (Lipinski definition) is 0. The van der Waals surface area contributed by atoms with Gasteiger partial charge in [0.05, 0.1) is 13.1 Å². The lowest BCUT2D eigenvalue weighted by Gasteiger charge is -2.01. The quantitative estimate of drug-likeness (QED) is 0.638. The molecule has 2 nitrogen and oxygen atoms in total. The van der Waals surface area contributed by atoms with Crippen LogP contribution in [-0.4, -0.2) is 4.57 Å². The van der Waals surface area contributed by atoms with Crippen molar-refractivity contribution < 1.29 is 4.57 Å². The van der Waals surface area contributed by atoms with Crippen LogP contribution in [0.15, 0.2) is 54.6 Å². The van der Waals surface area contributed by atoms with Gasteiger partial charge in [-0.25, -0.2) is 9.13 Å². The molecule has 0 unspecified atom stereocenters. The van der Waals surface area contributed by atoms with Crippen LogP contribution in [0.3, 0.4) is 0 Å². The molecule has 0 N–H and O–H groups in total. The Balaban J connectivity index is 1.97. The van der Waals surface area contributed by atoms with E-state index in [1.165, 1.54) is 22.4 Å². The maximum absolute atomic E-state index is 2.44. The summed E-state index contributed by atoms with van der Waals surface area (Å²) >= 11 is 0. The van der Waals surface area contributed by atoms with Crippen LogP contribution in [0.4, 0.5) is 0 Å². The van der Waals surface area contributed by atoms with E-state index in [0.717, 1.165) is 19.5 Å². The number of para-hydroxylation sites is 2. The minimum Gasteiger partial charge on any atom is -0.228 e. The van der Waals surface area contributed by atoms with Crippen molar-refractivity contribution in [3.05, 3.63) is 66.0 Å². The summed E-state index contributed by atoms with van der Waals surface area (Å²) in [6.07, 6.45) is 1.07. The second-order valence-electron chi connectivity index (χ2n) is 5.17. The van der Waals surface area contributed by atoms with Crippen LogP contribution < -0.4 is 4.57 Å². The first-order valence-electron chi connectivity index (χ1n) is 7.33. The molecule has 2 heteroatoms. The third-order valence-electron chi connectivity index (χ3n) is 4.03. The van der Waals surface area contributed by atoms with Crippen molar-refractivity contribution in [3.8, 4) is 0 Å². The molecule has 0 bridgehead atoms. The van der Waals surface area contributed by atoms with Crippen LogP contribution in [0.1, 0.15) is 18.3 Å². The third kappa shape index (κ3) is 2.22. The number of imidazole rings is 1. The Hall–Kier alpha value is -2.09. The van der Waals surface area contributed by atoms with E-state index < -0.39 is 0 Å². The zero-order chi connectivity index (χ0) is 13.9. The number of aromatic nitrogens is 2. The summed E-state index contributed by atoms with van der Waals surface area (Å²) in [7, 11) is 0. The molecule has 20 heavy (non-hydrogen) atoms. The Morgan fingerprint density at radius 2 is 1.65 bits per heavy atom. The molecule has 0 aliphatic carbocycles. The monoisotopic (exact) mass is 265 g/mol. The van der Waals surface area contributed by atoms with Gasteiger partial charge in [0.1, 0.15) is 0 Å². The van der Waals surface area contributed by atoms with Crippen molar-refractivity contribution in [2.75, 3.05) is 0 Å². The number of rotatable bonds is 4. The molecule has 102 valence electrons. The van der Waals surface area contributed by atoms with Crippen molar-refractivity contribution in [1.29, 1.82) is 0 Å². The number of fused-ring (bicyclic) bond motifs is 1. The smallest absolute Gasteiger partial charge is 0.228 e. The third-order valence-corrected chi connectivity index (χ3v) is 4.03. The molecule has 0 saturated heterocycles. The molecule has 3 rings (SSSR count). The highest BCUT2D eigenvalue weighted by Gasteiger charge is 2.19. The molecule has 0 aliphatic rings. The molecule has 1 aromatic heterocycles. The van der Waals surface area contributed by atoms with Crippen molar-refractivity contribution in [1.82, 2.24) is 4.57 Å². The van der Waals surface area contributed by atoms with E-state index in [1.807, 2.05) is 0 Å². The molecule has 0 amide bonds. The van der Waals surface area contributed by atoms with E-state index >= 15 is 0 Å². The predicted octanol–water partition coefficient (Wildman–Crippen LogP) is 3.50. The molecule has 0 spiro atoms. The van der Waals surface area contributed by atoms with Crippen LogP contribution >= 0.6 is 0 Å². The van der Waals surface area contributed by atoms with Gasteiger partial charge in [0.15, 0.2) is 11.0 Å². The van der Waals surface area contributed by atoms with Crippen LogP contribution in [0, 0.1) is 6.92 Å². The van der Waals surface area contributed by atoms with Gasteiger partial charge < -0.3 is 0 Å². The second-order valence-corrected chi connectivity index (χ2v) is 5.17. The molecule has 0 radical (unpaired) electrons. The molecular weight excluding hydrogens is 244 g/mol. The largest absolute Gasteiger partial charge is 0.254 e. The standard InChI is InChI=1S/C18H21N2/c1-3-19-15(2)20(18-12-8-7-11-17(18)19)14-13-16-9-5-4-6-10-16/h4-12H,3,13-14H2,1-2H3/q+1. The zero-order valence-electron chi connectivity index (χ0n) is 12.2. The molecule has 1 heterocycles. The minimum absolute atomic E-state index is 1.02. The molecule has 0 fully saturated rings. The highest BCUT2D eigenvalue weighted by molar-refractivity contribution is 5.72. The highest BCUT2D eigenvalue weighted by atomic mass is 15.2. The van der Waals surface area contributed by atoms with Gasteiger partial charge in [0.25, 0.3) is 5.82 Å². The van der Waals surface area contributed by atoms with E-state index in [2.05, 4.69) is 77.6 Å². The Kier molecular flexibility index (Phi) is 3.55. The van der Waals surface area contributed by atoms with Gasteiger partial charge >= 0.3 is 0 Å². The normalized spacial score (nSPS) is 11.1. The van der Waals surface area contributed by atoms with Crippen LogP contribution in [0.2, 0.25) is 0 Å². The van der Waals surface area contributed by atoms with Crippen LogP contribution in [-0.2, 0) is 19.5 Å². The summed E-state index contributed by atoms with van der Waals surface area (Å²) in [6, 6.07) is 19.4. The number of benzene rings is 2. The number of aryl methyl sites for hydroxylation is 3. The highest BCUT2D eigenvalue weighted by Crippen LogP contribution is 2.14. The Labute approximate surface area is 120 Å². The Morgan fingerprint density at radius 3 is 2.40 bits per heavy atom. The Bertz CT molecular complexity index is 711. The van der Waals surface area contributed by atoms with E-state index in [9.17, 15) is 0 Å². The van der Waals surface area contributed by atoms with Crippen LogP contribution in [0.25, 0.3) is 11.0 Å². The van der Waals surface area contributed by atoms with Gasteiger partial charge in [0.2, 0.25) is 0 Å². The fraction of sp³-hybridized carbons (Fsp3) is 0.278. The average Bonchev–Trinajstić information content (AvgIpc) is 2.77. The minimum atomic E-state index is 1.02. The predicted molar refractivity (Wildman–Crippen MR) is 82.7 cm³/mol. The maximum atomic E-state index is 2.44. The fourth-order valence-corrected chi connectivity index (χ4v) is 2.98. The number of nitrogens with zero attached hydrogens (tertiary/aromatic N) is 2. The topological polar surface area (TPSA) is 8.81 Å². The first-order chi connectivity index (χ1) is 9.81. The zero-order valence-corrected chi connectivity index (χ0v) is 12.2. The fourth-order valence-electron chi connectivity index (χ4n) is 2.98. The van der Waals surface area contributed by atoms with Crippen LogP contribution in [0.5, 0.6) is 0 Å². The summed E-state index contributed by atoms with van der Waals surface area (Å²) in [5.74, 6) is 1.34. The molecule has 2 aromatic carbocycles. The second kappa shape index (κ2) is 5.49. The molecule has 0 aliphatic heterocycles. The first-order valence-corrected chi connectivity index (χ1v) is 7.33. The van der Waals surface area contributed by atoms with Crippen molar-refractivity contribution in [3.63, 3.8) is 0 Å². The molecule has 0 atom stereocenters. The average molecular weight is 265 g/mol. The summed E-state index contributed by atoms with van der Waals surface area (Å²) in [4.78, 5) is 0. The summed E-state index contributed by atoms with van der Waals surface area (Å²) in [6.45, 7) is 6.48. The van der Waals surface area contributed by atoms with Gasteiger partial charge in [0, 0.05) is 13.3 Å². The summed E-state index contributed by atoms with van der Waals surface area (Å²) in [5.41, 5.74) is 4.07. The lowest BCUT2D eigenvalue weighted by molar-refractivity contribution is -0.678. The Morgan fingerprint density at radius 1 is 0.950 bits per heavy atom. The summed E-state index contributed by atoms with van der Waals surface area (Å²) in [5, 5.41) is 0. The van der Waals surface area contributed by atoms with Gasteiger partial charge in [-0.15, -0.1) is 0 Å². The van der Waals surface area contributed by atoms with E-state index in [1.54, 1.807) is 0 Å². The summed E-state index contributed by atoms with van der Waals surface area (Å²) < 4.78 is 4.83. The maximum Gasteiger partial charge on any atom is 0.254 e. The number of hydrogen-bond donors (Lipinski definition) is 0. The van der Waals surface area contributed by atoms with E-state index in [4.69, 9.17) is 0 Å². The van der Waals surface area contributed by atoms with Gasteiger partial charge in [-0.3, -0.25) is 0 Å². The van der Waals surface area contributed by atoms with Gasteiger partial charge in [-0.2, -0.15) is 0 Å². The first kappa shape index (κ1) is 12.9. The lowest BCUT2D eigenvalue weighted by Crippen LogP contribution is -2.37. The van der Waals surface area contributed by atoms with Crippen molar-refractivity contribution in [2.24, 2.45) is 0 Å². The molecular formula is C18H21N2+.